The van der Waals surface area contributed by atoms with Gasteiger partial charge in [-0.1, -0.05) is 163 Å². The maximum Gasteiger partial charge on any atom is 0.184 e. The summed E-state index contributed by atoms with van der Waals surface area (Å²) in [5.41, 5.74) is 5.42. The first kappa shape index (κ1) is 34.5. The highest BCUT2D eigenvalue weighted by Gasteiger charge is 2.81. The maximum absolute atomic E-state index is 7.89. The molecule has 2 aromatic rings. The van der Waals surface area contributed by atoms with Crippen LogP contribution in [0.5, 0.6) is 0 Å². The van der Waals surface area contributed by atoms with Crippen molar-refractivity contribution in [3.8, 4) is 11.5 Å². The minimum atomic E-state index is -2.21. The molecule has 0 fully saturated rings. The molecule has 7 heteroatoms. The predicted molar refractivity (Wildman–Crippen MR) is 201 cm³/mol. The molecular weight excluding hydrogens is 593 g/mol. The molecule has 2 aromatic carbocycles. The zero-order chi connectivity index (χ0) is 31.5. The fourth-order valence-corrected chi connectivity index (χ4v) is 83.0. The third kappa shape index (κ3) is 5.67. The first-order valence-electron chi connectivity index (χ1n) is 15.5. The van der Waals surface area contributed by atoms with Crippen LogP contribution in [0, 0.1) is 16.9 Å². The van der Waals surface area contributed by atoms with Crippen molar-refractivity contribution in [2.75, 3.05) is 0 Å². The Balaban J connectivity index is 2.64. The summed E-state index contributed by atoms with van der Waals surface area (Å²) in [6.07, 6.45) is 0. The highest BCUT2D eigenvalue weighted by Crippen LogP contribution is 2.65. The van der Waals surface area contributed by atoms with Crippen molar-refractivity contribution >= 4 is 57.1 Å². The Morgan fingerprint density at radius 1 is 0.634 bits per heavy atom. The lowest BCUT2D eigenvalue weighted by molar-refractivity contribution is 0.0594. The minimum Gasteiger partial charge on any atom is -0.410 e. The van der Waals surface area contributed by atoms with E-state index in [1.807, 2.05) is 4.82 Å². The van der Waals surface area contributed by atoms with Crippen LogP contribution in [-0.4, -0.2) is 52.0 Å². The lowest BCUT2D eigenvalue weighted by atomic mass is 9.83. The van der Waals surface area contributed by atoms with Crippen LogP contribution >= 0.6 is 0 Å². The average Bonchev–Trinajstić information content (AvgIpc) is 2.79. The van der Waals surface area contributed by atoms with Gasteiger partial charge in [-0.25, -0.2) is 0 Å². The van der Waals surface area contributed by atoms with Gasteiger partial charge in [0.2, 0.25) is 0 Å². The Hall–Kier alpha value is -0.999. The highest BCUT2D eigenvalue weighted by molar-refractivity contribution is 7.75. The summed E-state index contributed by atoms with van der Waals surface area (Å²) in [5, 5.41) is 2.72. The zero-order valence-electron chi connectivity index (χ0n) is 29.2. The summed E-state index contributed by atoms with van der Waals surface area (Å²) in [6.45, 7) is 41.1. The second kappa shape index (κ2) is 10.9. The molecule has 3 rings (SSSR count). The van der Waals surface area contributed by atoms with Crippen LogP contribution in [-0.2, 0) is 4.43 Å². The van der Waals surface area contributed by atoms with E-state index in [2.05, 4.69) is 178 Å². The van der Waals surface area contributed by atoms with Crippen molar-refractivity contribution in [1.82, 2.24) is 0 Å². The molecule has 224 valence electrons. The summed E-state index contributed by atoms with van der Waals surface area (Å²) in [6, 6.07) is 22.6. The van der Waals surface area contributed by atoms with E-state index in [0.717, 1.165) is 0 Å². The Morgan fingerprint density at radius 3 is 1.41 bits per heavy atom. The summed E-state index contributed by atoms with van der Waals surface area (Å²) in [7, 11) is -11.8. The molecule has 41 heavy (non-hydrogen) atoms. The Morgan fingerprint density at radius 2 is 1.05 bits per heavy atom. The molecule has 1 aliphatic rings. The van der Waals surface area contributed by atoms with E-state index in [4.69, 9.17) is 4.43 Å². The van der Waals surface area contributed by atoms with Gasteiger partial charge >= 0.3 is 0 Å². The highest BCUT2D eigenvalue weighted by atomic mass is 29.6. The van der Waals surface area contributed by atoms with Gasteiger partial charge < -0.3 is 4.43 Å². The summed E-state index contributed by atoms with van der Waals surface area (Å²) >= 11 is 0. The van der Waals surface area contributed by atoms with Crippen LogP contribution in [0.3, 0.4) is 0 Å². The zero-order valence-corrected chi connectivity index (χ0v) is 35.2. The molecule has 0 saturated carbocycles. The summed E-state index contributed by atoms with van der Waals surface area (Å²) in [4.78, 5) is 1.87. The molecule has 0 amide bonds. The SMILES string of the molecule is CC(C)(C)C1(O[Si](C)(C)C)C(C#C[Si](C)(C)c2ccccc2)=C([Si](C)(C)c2ccccc2)[Si]1([Si](C)(C)C)[Si](C)(C)C. The third-order valence-corrected chi connectivity index (χ3v) is 59.1. The smallest absolute Gasteiger partial charge is 0.184 e. The van der Waals surface area contributed by atoms with E-state index < -0.39 is 46.8 Å². The van der Waals surface area contributed by atoms with E-state index in [1.165, 1.54) is 10.8 Å². The van der Waals surface area contributed by atoms with Crippen molar-refractivity contribution in [3.05, 3.63) is 71.1 Å². The van der Waals surface area contributed by atoms with Crippen LogP contribution < -0.4 is 10.4 Å². The monoisotopic (exact) mass is 650 g/mol. The van der Waals surface area contributed by atoms with E-state index >= 15 is 0 Å². The minimum absolute atomic E-state index is 0.0345. The predicted octanol–water partition coefficient (Wildman–Crippen LogP) is 8.61. The number of benzene rings is 2. The molecule has 0 radical (unpaired) electrons. The molecule has 1 unspecified atom stereocenters. The molecule has 0 saturated heterocycles. The van der Waals surface area contributed by atoms with Gasteiger partial charge in [-0.05, 0) is 30.2 Å². The van der Waals surface area contributed by atoms with E-state index in [0.29, 0.717) is 0 Å². The molecule has 0 N–H and O–H groups in total. The standard InChI is InChI=1S/C34H58OSi6/c1-33(2,3)34(35-36(4,5)6)31(27-28-39(13,14)29-23-19-17-20-24-29)32(40(15,16)30-25-21-18-22-26-30)41(34,37(7,8)9)38(10,11)12/h17-26H,1-16H3. The van der Waals surface area contributed by atoms with Gasteiger partial charge in [0.1, 0.15) is 15.2 Å². The topological polar surface area (TPSA) is 9.23 Å². The van der Waals surface area contributed by atoms with Crippen molar-refractivity contribution in [2.24, 2.45) is 5.41 Å². The molecule has 0 spiro atoms. The van der Waals surface area contributed by atoms with E-state index in [-0.39, 0.29) is 10.6 Å². The molecule has 1 atom stereocenters. The summed E-state index contributed by atoms with van der Waals surface area (Å²) in [5.74, 6) is 4.11. The summed E-state index contributed by atoms with van der Waals surface area (Å²) < 4.78 is 7.89. The van der Waals surface area contributed by atoms with Gasteiger partial charge in [-0.3, -0.25) is 0 Å². The lowest BCUT2D eigenvalue weighted by Crippen LogP contribution is -2.95. The second-order valence-corrected chi connectivity index (χ2v) is 57.4. The van der Waals surface area contributed by atoms with Gasteiger partial charge in [-0.2, -0.15) is 0 Å². The molecule has 1 nitrogen and oxygen atoms in total. The Bertz CT molecular complexity index is 1320. The van der Waals surface area contributed by atoms with Crippen LogP contribution in [0.2, 0.25) is 85.1 Å². The average molecular weight is 651 g/mol. The van der Waals surface area contributed by atoms with Crippen molar-refractivity contribution in [1.29, 1.82) is 0 Å². The second-order valence-electron chi connectivity index (χ2n) is 17.4. The normalized spacial score (nSPS) is 20.3. The van der Waals surface area contributed by atoms with Crippen molar-refractivity contribution in [3.63, 3.8) is 0 Å². The molecule has 1 aliphatic heterocycles. The van der Waals surface area contributed by atoms with Crippen molar-refractivity contribution < 1.29 is 4.43 Å². The van der Waals surface area contributed by atoms with Gasteiger partial charge in [0.15, 0.2) is 16.4 Å². The molecule has 1 heterocycles. The molecular formula is C34H58OSi6. The van der Waals surface area contributed by atoms with Crippen LogP contribution in [0.25, 0.3) is 0 Å². The first-order chi connectivity index (χ1) is 18.4. The largest absolute Gasteiger partial charge is 0.410 e. The van der Waals surface area contributed by atoms with Crippen LogP contribution in [0.15, 0.2) is 71.1 Å². The van der Waals surface area contributed by atoms with Gasteiger partial charge in [-0.15, -0.1) is 5.54 Å². The van der Waals surface area contributed by atoms with Gasteiger partial charge in [0.05, 0.1) is 5.22 Å². The van der Waals surface area contributed by atoms with E-state index in [1.54, 1.807) is 5.19 Å². The maximum atomic E-state index is 7.89. The number of hydrogen-bond donors (Lipinski definition) is 0. The lowest BCUT2D eigenvalue weighted by Gasteiger charge is -2.75. The first-order valence-corrected chi connectivity index (χ1v) is 35.9. The molecule has 0 aromatic heterocycles. The van der Waals surface area contributed by atoms with Crippen molar-refractivity contribution in [2.45, 2.75) is 111 Å². The Kier molecular flexibility index (Phi) is 9.14. The number of hydrogen-bond acceptors (Lipinski definition) is 1. The van der Waals surface area contributed by atoms with E-state index in [9.17, 15) is 0 Å². The fourth-order valence-electron chi connectivity index (χ4n) is 8.35. The van der Waals surface area contributed by atoms with Gasteiger partial charge in [0, 0.05) is 20.8 Å². The molecule has 0 aliphatic carbocycles. The fraction of sp³-hybridized carbons (Fsp3) is 0.529. The third-order valence-electron chi connectivity index (χ3n) is 9.39. The Labute approximate surface area is 259 Å². The van der Waals surface area contributed by atoms with Crippen LogP contribution in [0.4, 0.5) is 0 Å². The quantitative estimate of drug-likeness (QED) is 0.215. The van der Waals surface area contributed by atoms with Gasteiger partial charge in [0.25, 0.3) is 0 Å². The van der Waals surface area contributed by atoms with Crippen LogP contribution in [0.1, 0.15) is 20.8 Å². The number of rotatable bonds is 7. The molecule has 0 bridgehead atoms.